The van der Waals surface area contributed by atoms with Crippen molar-refractivity contribution in [1.82, 2.24) is 4.90 Å². The van der Waals surface area contributed by atoms with Crippen LogP contribution in [-0.2, 0) is 22.6 Å². The summed E-state index contributed by atoms with van der Waals surface area (Å²) in [4.78, 5) is 45.3. The number of carbonyl (C=O) groups excluding carboxylic acids is 3. The summed E-state index contributed by atoms with van der Waals surface area (Å²) in [6, 6.07) is 8.58. The number of aliphatic hydroxyl groups is 3. The number of ketones is 2. The molecule has 2 aromatic rings. The molecule has 44 heavy (non-hydrogen) atoms. The first-order chi connectivity index (χ1) is 20.6. The van der Waals surface area contributed by atoms with Gasteiger partial charge in [0.25, 0.3) is 5.91 Å². The maximum absolute atomic E-state index is 14.2. The number of likely N-dealkylation sites (N-methyl/N-ethyl adjacent to an activating group) is 1. The van der Waals surface area contributed by atoms with Crippen LogP contribution in [0, 0.1) is 11.8 Å². The number of aliphatic hydroxyl groups excluding tert-OH is 2. The molecule has 3 aliphatic carbocycles. The number of hydrogen-bond acceptors (Lipinski definition) is 11. The molecule has 12 nitrogen and oxygen atoms in total. The zero-order chi connectivity index (χ0) is 32.4. The van der Waals surface area contributed by atoms with E-state index in [0.717, 1.165) is 11.3 Å². The summed E-state index contributed by atoms with van der Waals surface area (Å²) in [5.41, 5.74) is 5.19. The second-order valence-electron chi connectivity index (χ2n) is 12.4. The Morgan fingerprint density at radius 3 is 2.20 bits per heavy atom. The fourth-order valence-electron chi connectivity index (χ4n) is 6.94. The van der Waals surface area contributed by atoms with Crippen LogP contribution in [0.25, 0.3) is 0 Å². The lowest BCUT2D eigenvalue weighted by molar-refractivity contribution is -0.148. The third kappa shape index (κ3) is 4.56. The molecule has 0 saturated heterocycles. The number of rotatable bonds is 7. The summed E-state index contributed by atoms with van der Waals surface area (Å²) in [6.07, 6.45) is 0.240. The van der Waals surface area contributed by atoms with E-state index in [-0.39, 0.29) is 29.7 Å². The predicted molar refractivity (Wildman–Crippen MR) is 166 cm³/mol. The second-order valence-corrected chi connectivity index (χ2v) is 12.4. The number of phenols is 1. The van der Waals surface area contributed by atoms with Crippen molar-refractivity contribution in [2.24, 2.45) is 17.6 Å². The Labute approximate surface area is 255 Å². The lowest BCUT2D eigenvalue weighted by atomic mass is 9.58. The van der Waals surface area contributed by atoms with E-state index in [1.165, 1.54) is 4.90 Å². The van der Waals surface area contributed by atoms with Crippen molar-refractivity contribution in [2.45, 2.75) is 31.0 Å². The third-order valence-corrected chi connectivity index (χ3v) is 9.12. The van der Waals surface area contributed by atoms with Gasteiger partial charge in [-0.1, -0.05) is 12.1 Å². The Morgan fingerprint density at radius 1 is 1.02 bits per heavy atom. The molecular formula is C32H39N5O7. The third-order valence-electron chi connectivity index (χ3n) is 9.12. The van der Waals surface area contributed by atoms with Gasteiger partial charge in [-0.05, 0) is 62.2 Å². The van der Waals surface area contributed by atoms with Crippen LogP contribution in [0.2, 0.25) is 0 Å². The van der Waals surface area contributed by atoms with Crippen LogP contribution >= 0.6 is 0 Å². The monoisotopic (exact) mass is 605 g/mol. The van der Waals surface area contributed by atoms with Crippen molar-refractivity contribution < 1.29 is 34.8 Å². The van der Waals surface area contributed by atoms with E-state index in [1.54, 1.807) is 20.2 Å². The van der Waals surface area contributed by atoms with Gasteiger partial charge >= 0.3 is 0 Å². The number of allylic oxidation sites excluding steroid dienone is 1. The maximum Gasteiger partial charge on any atom is 0.255 e. The van der Waals surface area contributed by atoms with Gasteiger partial charge < -0.3 is 41.3 Å². The molecule has 2 aromatic carbocycles. The van der Waals surface area contributed by atoms with Crippen molar-refractivity contribution >= 4 is 34.5 Å². The number of carbonyl (C=O) groups is 3. The number of anilines is 3. The number of primary amides is 1. The van der Waals surface area contributed by atoms with Crippen LogP contribution in [0.5, 0.6) is 5.75 Å². The molecule has 0 unspecified atom stereocenters. The number of fused-ring (bicyclic) bond motifs is 3. The van der Waals surface area contributed by atoms with Gasteiger partial charge in [-0.15, -0.1) is 0 Å². The van der Waals surface area contributed by atoms with E-state index in [1.807, 2.05) is 62.3 Å². The molecule has 4 atom stereocenters. The summed E-state index contributed by atoms with van der Waals surface area (Å²) in [5.74, 6) is -6.77. The topological polar surface area (TPSA) is 180 Å². The summed E-state index contributed by atoms with van der Waals surface area (Å²) in [5, 5.41) is 49.0. The number of Topliss-reactive ketones (excluding diaryl/α,β-unsaturated/α-hetero) is 2. The molecular weight excluding hydrogens is 566 g/mol. The first-order valence-corrected chi connectivity index (χ1v) is 14.3. The van der Waals surface area contributed by atoms with Crippen LogP contribution in [0.4, 0.5) is 17.1 Å². The fraction of sp³-hybridized carbons (Fsp3) is 0.406. The minimum Gasteiger partial charge on any atom is -0.510 e. The van der Waals surface area contributed by atoms with Gasteiger partial charge in [-0.2, -0.15) is 0 Å². The van der Waals surface area contributed by atoms with Crippen LogP contribution in [0.1, 0.15) is 27.9 Å². The highest BCUT2D eigenvalue weighted by Gasteiger charge is 2.63. The number of phenolic OH excluding ortho intramolecular Hbond substituents is 1. The summed E-state index contributed by atoms with van der Waals surface area (Å²) in [6.45, 7) is 0.352. The van der Waals surface area contributed by atoms with Crippen molar-refractivity contribution in [1.29, 1.82) is 0 Å². The lowest BCUT2D eigenvalue weighted by Crippen LogP contribution is -2.63. The Morgan fingerprint density at radius 2 is 1.66 bits per heavy atom. The smallest absolute Gasteiger partial charge is 0.255 e. The minimum atomic E-state index is -2.68. The lowest BCUT2D eigenvalue weighted by Gasteiger charge is -2.50. The van der Waals surface area contributed by atoms with E-state index in [9.17, 15) is 34.8 Å². The molecule has 0 aliphatic heterocycles. The average Bonchev–Trinajstić information content (AvgIpc) is 2.94. The van der Waals surface area contributed by atoms with Gasteiger partial charge in [0.05, 0.1) is 17.3 Å². The molecule has 0 saturated carbocycles. The van der Waals surface area contributed by atoms with Gasteiger partial charge in [0, 0.05) is 57.6 Å². The first-order valence-electron chi connectivity index (χ1n) is 14.3. The highest BCUT2D eigenvalue weighted by molar-refractivity contribution is 6.25. The number of amides is 1. The van der Waals surface area contributed by atoms with E-state index < -0.39 is 58.0 Å². The number of nitrogens with one attached hydrogen (secondary N) is 1. The van der Waals surface area contributed by atoms with Crippen LogP contribution in [-0.4, -0.2) is 96.7 Å². The summed E-state index contributed by atoms with van der Waals surface area (Å²) in [7, 11) is 10.7. The maximum atomic E-state index is 14.2. The standard InChI is InChI=1S/C32H39N5O7/c1-35(2)17-9-7-15(8-10-17)14-34-20-13-21(36(3)4)18-11-16-12-19-25(37(5)6)28(40)24(31(33)43)30(42)32(19,44)29(41)22(16)27(39)23(18)26(20)38/h7-10,13,16,19,25,34,38,40-41,44H,11-12,14H2,1-6H3,(H2,33,43)/t16-,19-,25-,32-/m0/s1. The minimum absolute atomic E-state index is 0.0301. The van der Waals surface area contributed by atoms with Crippen LogP contribution in [0.3, 0.4) is 0 Å². The van der Waals surface area contributed by atoms with E-state index >= 15 is 0 Å². The molecule has 12 heteroatoms. The van der Waals surface area contributed by atoms with Crippen LogP contribution < -0.4 is 20.9 Å². The van der Waals surface area contributed by atoms with E-state index in [0.29, 0.717) is 23.5 Å². The van der Waals surface area contributed by atoms with Gasteiger partial charge in [0.15, 0.2) is 11.4 Å². The molecule has 3 aliphatic rings. The van der Waals surface area contributed by atoms with Crippen LogP contribution in [0.15, 0.2) is 53.0 Å². The molecule has 0 radical (unpaired) electrons. The summed E-state index contributed by atoms with van der Waals surface area (Å²) >= 11 is 0. The number of nitrogens with zero attached hydrogens (tertiary/aromatic N) is 3. The van der Waals surface area contributed by atoms with Crippen molar-refractivity contribution in [3.05, 3.63) is 69.7 Å². The Hall–Kier alpha value is -4.55. The van der Waals surface area contributed by atoms with Gasteiger partial charge in [-0.25, -0.2) is 0 Å². The normalized spacial score (nSPS) is 24.6. The van der Waals surface area contributed by atoms with E-state index in [4.69, 9.17) is 5.73 Å². The molecule has 7 N–H and O–H groups in total. The quantitative estimate of drug-likeness (QED) is 0.200. The molecule has 0 heterocycles. The molecule has 1 amide bonds. The average molecular weight is 606 g/mol. The zero-order valence-corrected chi connectivity index (χ0v) is 25.7. The fourth-order valence-corrected chi connectivity index (χ4v) is 6.94. The van der Waals surface area contributed by atoms with Crippen molar-refractivity contribution in [3.8, 4) is 5.75 Å². The van der Waals surface area contributed by atoms with Gasteiger partial charge in [0.1, 0.15) is 22.8 Å². The molecule has 234 valence electrons. The van der Waals surface area contributed by atoms with E-state index in [2.05, 4.69) is 5.32 Å². The highest BCUT2D eigenvalue weighted by Crippen LogP contribution is 2.54. The number of nitrogens with two attached hydrogens (primary N) is 1. The highest BCUT2D eigenvalue weighted by atomic mass is 16.3. The summed E-state index contributed by atoms with van der Waals surface area (Å²) < 4.78 is 0. The Bertz CT molecular complexity index is 1630. The first kappa shape index (κ1) is 30.9. The molecule has 0 bridgehead atoms. The van der Waals surface area contributed by atoms with Gasteiger partial charge in [0.2, 0.25) is 5.78 Å². The molecule has 0 fully saturated rings. The molecule has 0 aromatic heterocycles. The zero-order valence-electron chi connectivity index (χ0n) is 25.7. The van der Waals surface area contributed by atoms with Crippen molar-refractivity contribution in [2.75, 3.05) is 57.4 Å². The van der Waals surface area contributed by atoms with Gasteiger partial charge in [-0.3, -0.25) is 19.3 Å². The molecule has 5 rings (SSSR count). The Kier molecular flexibility index (Phi) is 7.63. The number of aromatic hydroxyl groups is 1. The number of benzene rings is 2. The largest absolute Gasteiger partial charge is 0.510 e. The number of hydrogen-bond donors (Lipinski definition) is 6. The predicted octanol–water partition coefficient (Wildman–Crippen LogP) is 1.86. The second kappa shape index (κ2) is 10.9. The SMILES string of the molecule is CN(C)c1ccc(CNc2cc(N(C)C)c3c(c2O)C(=O)C2=C(O)[C@]4(O)C(=O)C(C(N)=O)=C(O)[C@@H](N(C)C)[C@@H]4C[C@@H]2C3)cc1. The molecule has 0 spiro atoms. The van der Waals surface area contributed by atoms with Crippen molar-refractivity contribution in [3.63, 3.8) is 0 Å². The Balaban J connectivity index is 1.61.